The van der Waals surface area contributed by atoms with Gasteiger partial charge in [-0.3, -0.25) is 19.1 Å². The first-order valence-corrected chi connectivity index (χ1v) is 9.90. The average Bonchev–Trinajstić information content (AvgIpc) is 3.31. The van der Waals surface area contributed by atoms with Gasteiger partial charge in [0.1, 0.15) is 11.3 Å². The van der Waals surface area contributed by atoms with Crippen molar-refractivity contribution in [2.75, 3.05) is 0 Å². The van der Waals surface area contributed by atoms with Gasteiger partial charge in [-0.05, 0) is 26.0 Å². The number of hydrogen-bond acceptors (Lipinski definition) is 5. The Kier molecular flexibility index (Phi) is 5.28. The second-order valence-electron chi connectivity index (χ2n) is 7.37. The summed E-state index contributed by atoms with van der Waals surface area (Å²) in [6, 6.07) is 9.83. The van der Waals surface area contributed by atoms with Gasteiger partial charge in [0.2, 0.25) is 5.91 Å². The molecule has 3 heterocycles. The number of fused-ring (bicyclic) bond motifs is 1. The molecule has 0 saturated heterocycles. The quantitative estimate of drug-likeness (QED) is 0.428. The van der Waals surface area contributed by atoms with E-state index in [2.05, 4.69) is 25.4 Å². The van der Waals surface area contributed by atoms with Crippen LogP contribution in [0.3, 0.4) is 0 Å². The fourth-order valence-corrected chi connectivity index (χ4v) is 3.53. The molecular weight excluding hydrogens is 398 g/mol. The molecule has 0 unspecified atom stereocenters. The maximum absolute atomic E-state index is 12.4. The van der Waals surface area contributed by atoms with Gasteiger partial charge in [-0.1, -0.05) is 18.2 Å². The van der Waals surface area contributed by atoms with Crippen molar-refractivity contribution in [1.29, 1.82) is 0 Å². The molecule has 3 N–H and O–H groups in total. The summed E-state index contributed by atoms with van der Waals surface area (Å²) in [6.45, 7) is 4.27. The minimum Gasteiger partial charge on any atom is -0.352 e. The highest BCUT2D eigenvalue weighted by Crippen LogP contribution is 2.17. The molecule has 3 aromatic heterocycles. The Hall–Kier alpha value is -3.95. The molecule has 4 aromatic rings. The van der Waals surface area contributed by atoms with Gasteiger partial charge in [0, 0.05) is 37.7 Å². The first-order chi connectivity index (χ1) is 14.8. The zero-order chi connectivity index (χ0) is 22.1. The van der Waals surface area contributed by atoms with Crippen molar-refractivity contribution in [2.24, 2.45) is 7.05 Å². The Labute approximate surface area is 177 Å². The number of aryl methyl sites for hydroxylation is 3. The highest BCUT2D eigenvalue weighted by Gasteiger charge is 2.15. The number of nitrogens with zero attached hydrogens (tertiary/aromatic N) is 4. The van der Waals surface area contributed by atoms with Crippen LogP contribution in [0.25, 0.3) is 16.9 Å². The molecule has 10 nitrogen and oxygen atoms in total. The molecule has 31 heavy (non-hydrogen) atoms. The highest BCUT2D eigenvalue weighted by atomic mass is 16.2. The Balaban J connectivity index is 1.42. The Bertz CT molecular complexity index is 1380. The van der Waals surface area contributed by atoms with Crippen LogP contribution in [0.5, 0.6) is 0 Å². The van der Waals surface area contributed by atoms with E-state index in [4.69, 9.17) is 0 Å². The number of benzene rings is 1. The summed E-state index contributed by atoms with van der Waals surface area (Å²) in [5.41, 5.74) is 3.21. The number of rotatable bonds is 6. The smallest absolute Gasteiger partial charge is 0.329 e. The molecular formula is C21H23N7O3. The number of aromatic amines is 2. The molecule has 0 fully saturated rings. The van der Waals surface area contributed by atoms with Crippen molar-refractivity contribution in [3.05, 3.63) is 73.9 Å². The predicted molar refractivity (Wildman–Crippen MR) is 115 cm³/mol. The third-order valence-corrected chi connectivity index (χ3v) is 5.30. The molecule has 0 bridgehead atoms. The van der Waals surface area contributed by atoms with E-state index in [-0.39, 0.29) is 23.5 Å². The third kappa shape index (κ3) is 3.91. The zero-order valence-corrected chi connectivity index (χ0v) is 17.5. The normalized spacial score (nSPS) is 11.2. The van der Waals surface area contributed by atoms with E-state index < -0.39 is 11.2 Å². The first-order valence-electron chi connectivity index (χ1n) is 9.90. The number of amides is 1. The average molecular weight is 421 g/mol. The minimum atomic E-state index is -0.532. The van der Waals surface area contributed by atoms with Crippen LogP contribution in [0, 0.1) is 13.8 Å². The summed E-state index contributed by atoms with van der Waals surface area (Å²) >= 11 is 0. The molecule has 0 aliphatic heterocycles. The van der Waals surface area contributed by atoms with Crippen molar-refractivity contribution in [3.8, 4) is 5.69 Å². The molecule has 0 aliphatic carbocycles. The molecule has 0 aliphatic rings. The molecule has 4 rings (SSSR count). The van der Waals surface area contributed by atoms with Crippen LogP contribution in [-0.4, -0.2) is 35.2 Å². The van der Waals surface area contributed by atoms with Gasteiger partial charge in [-0.15, -0.1) is 0 Å². The maximum atomic E-state index is 12.4. The number of aromatic nitrogens is 6. The molecule has 1 amide bonds. The van der Waals surface area contributed by atoms with E-state index in [9.17, 15) is 14.4 Å². The maximum Gasteiger partial charge on any atom is 0.329 e. The number of carbonyl (C=O) groups is 1. The van der Waals surface area contributed by atoms with E-state index in [0.717, 1.165) is 22.6 Å². The van der Waals surface area contributed by atoms with Crippen LogP contribution in [0.4, 0.5) is 0 Å². The lowest BCUT2D eigenvalue weighted by molar-refractivity contribution is -0.121. The zero-order valence-electron chi connectivity index (χ0n) is 17.5. The lowest BCUT2D eigenvalue weighted by Crippen LogP contribution is -2.28. The van der Waals surface area contributed by atoms with Gasteiger partial charge in [-0.2, -0.15) is 5.10 Å². The Morgan fingerprint density at radius 2 is 1.87 bits per heavy atom. The van der Waals surface area contributed by atoms with Gasteiger partial charge in [0.05, 0.1) is 11.4 Å². The van der Waals surface area contributed by atoms with Gasteiger partial charge in [-0.25, -0.2) is 14.5 Å². The standard InChI is InChI=1S/C21H23N7O3/c1-12-15(13(2)28(26-12)14-7-5-4-6-8-14)11-22-17(29)10-9-16-23-18-19(24-16)27(3)21(31)25-20(18)30/h4-8H,9-11H2,1-3H3,(H,22,29)(H,23,24)(H,25,30,31). The lowest BCUT2D eigenvalue weighted by Gasteiger charge is -2.07. The fraction of sp³-hybridized carbons (Fsp3) is 0.286. The number of nitrogens with one attached hydrogen (secondary N) is 3. The van der Waals surface area contributed by atoms with E-state index in [0.29, 0.717) is 18.8 Å². The van der Waals surface area contributed by atoms with Crippen molar-refractivity contribution in [1.82, 2.24) is 34.6 Å². The minimum absolute atomic E-state index is 0.144. The van der Waals surface area contributed by atoms with Crippen molar-refractivity contribution >= 4 is 17.1 Å². The molecule has 1 aromatic carbocycles. The van der Waals surface area contributed by atoms with E-state index in [1.165, 1.54) is 11.6 Å². The Morgan fingerprint density at radius 1 is 1.13 bits per heavy atom. The molecule has 0 radical (unpaired) electrons. The van der Waals surface area contributed by atoms with Gasteiger partial charge in [0.25, 0.3) is 5.56 Å². The molecule has 160 valence electrons. The summed E-state index contributed by atoms with van der Waals surface area (Å²) in [5, 5.41) is 7.51. The summed E-state index contributed by atoms with van der Waals surface area (Å²) in [4.78, 5) is 45.4. The van der Waals surface area contributed by atoms with Gasteiger partial charge < -0.3 is 10.3 Å². The number of carbonyl (C=O) groups excluding carboxylic acids is 1. The largest absolute Gasteiger partial charge is 0.352 e. The highest BCUT2D eigenvalue weighted by molar-refractivity contribution is 5.76. The van der Waals surface area contributed by atoms with Crippen LogP contribution in [0.15, 0.2) is 39.9 Å². The first kappa shape index (κ1) is 20.3. The molecule has 0 saturated carbocycles. The predicted octanol–water partition coefficient (Wildman–Crippen LogP) is 1.00. The molecule has 10 heteroatoms. The van der Waals surface area contributed by atoms with Crippen LogP contribution >= 0.6 is 0 Å². The second kappa shape index (κ2) is 8.05. The molecule has 0 spiro atoms. The topological polar surface area (TPSA) is 130 Å². The summed E-state index contributed by atoms with van der Waals surface area (Å²) in [6.07, 6.45) is 0.506. The number of para-hydroxylation sites is 1. The third-order valence-electron chi connectivity index (χ3n) is 5.30. The van der Waals surface area contributed by atoms with Gasteiger partial charge >= 0.3 is 5.69 Å². The van der Waals surface area contributed by atoms with Crippen molar-refractivity contribution in [2.45, 2.75) is 33.2 Å². The molecule has 0 atom stereocenters. The van der Waals surface area contributed by atoms with E-state index in [1.54, 1.807) is 0 Å². The fourth-order valence-electron chi connectivity index (χ4n) is 3.53. The number of H-pyrrole nitrogens is 2. The summed E-state index contributed by atoms with van der Waals surface area (Å²) < 4.78 is 3.12. The van der Waals surface area contributed by atoms with Crippen LogP contribution in [0.1, 0.15) is 29.2 Å². The van der Waals surface area contributed by atoms with Crippen LogP contribution < -0.4 is 16.6 Å². The number of imidazole rings is 1. The lowest BCUT2D eigenvalue weighted by atomic mass is 10.2. The Morgan fingerprint density at radius 3 is 2.61 bits per heavy atom. The van der Waals surface area contributed by atoms with Crippen molar-refractivity contribution < 1.29 is 4.79 Å². The summed E-state index contributed by atoms with van der Waals surface area (Å²) in [7, 11) is 1.53. The number of hydrogen-bond donors (Lipinski definition) is 3. The summed E-state index contributed by atoms with van der Waals surface area (Å²) in [5.74, 6) is 0.329. The van der Waals surface area contributed by atoms with Crippen LogP contribution in [-0.2, 0) is 24.8 Å². The monoisotopic (exact) mass is 421 g/mol. The van der Waals surface area contributed by atoms with Gasteiger partial charge in [0.15, 0.2) is 5.65 Å². The van der Waals surface area contributed by atoms with Crippen molar-refractivity contribution in [3.63, 3.8) is 0 Å². The van der Waals surface area contributed by atoms with E-state index >= 15 is 0 Å². The van der Waals surface area contributed by atoms with Crippen LogP contribution in [0.2, 0.25) is 0 Å². The second-order valence-corrected chi connectivity index (χ2v) is 7.37. The van der Waals surface area contributed by atoms with E-state index in [1.807, 2.05) is 48.9 Å². The SMILES string of the molecule is Cc1nn(-c2ccccc2)c(C)c1CNC(=O)CCc1nc2c([nH]1)c(=O)[nH]c(=O)n2C.